The first-order valence-electron chi connectivity index (χ1n) is 9.00. The molecule has 0 aliphatic carbocycles. The lowest BCUT2D eigenvalue weighted by Crippen LogP contribution is -2.48. The lowest BCUT2D eigenvalue weighted by Gasteiger charge is -2.36. The van der Waals surface area contributed by atoms with Crippen molar-refractivity contribution in [2.24, 2.45) is 5.92 Å². The van der Waals surface area contributed by atoms with Gasteiger partial charge in [-0.15, -0.1) is 0 Å². The van der Waals surface area contributed by atoms with Gasteiger partial charge in [0, 0.05) is 25.2 Å². The molecule has 7 heteroatoms. The second-order valence-electron chi connectivity index (χ2n) is 7.16. The molecule has 3 atom stereocenters. The van der Waals surface area contributed by atoms with Crippen molar-refractivity contribution in [1.82, 2.24) is 9.62 Å². The van der Waals surface area contributed by atoms with E-state index in [0.29, 0.717) is 30.9 Å². The van der Waals surface area contributed by atoms with E-state index >= 15 is 0 Å². The van der Waals surface area contributed by atoms with Gasteiger partial charge in [-0.05, 0) is 31.4 Å². The van der Waals surface area contributed by atoms with Crippen molar-refractivity contribution in [1.29, 1.82) is 0 Å². The highest BCUT2D eigenvalue weighted by molar-refractivity contribution is 7.89. The number of nitrogens with one attached hydrogen (secondary N) is 1. The Balaban J connectivity index is 1.69. The molecule has 0 amide bonds. The Kier molecular flexibility index (Phi) is 5.68. The number of sulfonamides is 1. The average molecular weight is 368 g/mol. The second kappa shape index (κ2) is 7.61. The number of nitrogens with zero attached hydrogens (tertiary/aromatic N) is 1. The fourth-order valence-electron chi connectivity index (χ4n) is 3.62. The van der Waals surface area contributed by atoms with Gasteiger partial charge in [-0.3, -0.25) is 4.90 Å². The zero-order chi connectivity index (χ0) is 18.0. The van der Waals surface area contributed by atoms with Gasteiger partial charge in [0.2, 0.25) is 10.0 Å². The molecule has 1 aromatic carbocycles. The first-order valence-corrected chi connectivity index (χ1v) is 10.5. The van der Waals surface area contributed by atoms with Crippen molar-refractivity contribution in [3.05, 3.63) is 24.3 Å². The van der Waals surface area contributed by atoms with E-state index in [1.165, 1.54) is 0 Å². The van der Waals surface area contributed by atoms with E-state index < -0.39 is 10.0 Å². The van der Waals surface area contributed by atoms with Crippen LogP contribution in [0.1, 0.15) is 27.2 Å². The Bertz CT molecular complexity index is 692. The summed E-state index contributed by atoms with van der Waals surface area (Å²) in [6.07, 6.45) is 1.01. The smallest absolute Gasteiger partial charge is 0.244 e. The van der Waals surface area contributed by atoms with E-state index in [1.54, 1.807) is 24.3 Å². The molecule has 0 saturated carbocycles. The highest BCUT2D eigenvalue weighted by Crippen LogP contribution is 2.28. The molecular formula is C18H28N2O4S. The third kappa shape index (κ3) is 4.16. The maximum Gasteiger partial charge on any atom is 0.244 e. The van der Waals surface area contributed by atoms with Gasteiger partial charge in [0.25, 0.3) is 0 Å². The fourth-order valence-corrected chi connectivity index (χ4v) is 5.00. The van der Waals surface area contributed by atoms with Crippen LogP contribution in [-0.4, -0.2) is 57.8 Å². The van der Waals surface area contributed by atoms with Crippen LogP contribution in [0.4, 0.5) is 0 Å². The monoisotopic (exact) mass is 368 g/mol. The average Bonchev–Trinajstić information content (AvgIpc) is 2.95. The summed E-state index contributed by atoms with van der Waals surface area (Å²) in [5.41, 5.74) is 0. The number of hydrogen-bond donors (Lipinski definition) is 1. The SMILES string of the molecule is CCOc1ccccc1S(=O)(=O)N[C@@H]1C[C@H]2CO[C@@H](C(C)C)CN2C1. The van der Waals surface area contributed by atoms with E-state index in [0.717, 1.165) is 19.5 Å². The van der Waals surface area contributed by atoms with Crippen LogP contribution in [0.5, 0.6) is 5.75 Å². The zero-order valence-corrected chi connectivity index (χ0v) is 16.0. The zero-order valence-electron chi connectivity index (χ0n) is 15.1. The van der Waals surface area contributed by atoms with Crippen LogP contribution in [0.25, 0.3) is 0 Å². The summed E-state index contributed by atoms with van der Waals surface area (Å²) in [6, 6.07) is 6.98. The third-order valence-corrected chi connectivity index (χ3v) is 6.51. The van der Waals surface area contributed by atoms with Crippen molar-refractivity contribution < 1.29 is 17.9 Å². The second-order valence-corrected chi connectivity index (χ2v) is 8.84. The molecule has 0 unspecified atom stereocenters. The molecule has 3 rings (SSSR count). The minimum atomic E-state index is -3.61. The van der Waals surface area contributed by atoms with Crippen molar-refractivity contribution in [3.63, 3.8) is 0 Å². The maximum atomic E-state index is 12.8. The Morgan fingerprint density at radius 2 is 2.08 bits per heavy atom. The van der Waals surface area contributed by atoms with Crippen LogP contribution in [0.2, 0.25) is 0 Å². The van der Waals surface area contributed by atoms with E-state index in [2.05, 4.69) is 23.5 Å². The molecule has 6 nitrogen and oxygen atoms in total. The van der Waals surface area contributed by atoms with Gasteiger partial charge in [-0.2, -0.15) is 0 Å². The summed E-state index contributed by atoms with van der Waals surface area (Å²) in [5.74, 6) is 0.867. The molecule has 140 valence electrons. The van der Waals surface area contributed by atoms with Crippen molar-refractivity contribution in [3.8, 4) is 5.75 Å². The van der Waals surface area contributed by atoms with Gasteiger partial charge in [-0.25, -0.2) is 13.1 Å². The minimum Gasteiger partial charge on any atom is -0.492 e. The van der Waals surface area contributed by atoms with Crippen molar-refractivity contribution in [2.75, 3.05) is 26.3 Å². The van der Waals surface area contributed by atoms with E-state index in [-0.39, 0.29) is 17.0 Å². The topological polar surface area (TPSA) is 67.9 Å². The van der Waals surface area contributed by atoms with Gasteiger partial charge in [0.15, 0.2) is 0 Å². The van der Waals surface area contributed by atoms with Gasteiger partial charge >= 0.3 is 0 Å². The first kappa shape index (κ1) is 18.6. The summed E-state index contributed by atoms with van der Waals surface area (Å²) in [7, 11) is -3.61. The summed E-state index contributed by atoms with van der Waals surface area (Å²) in [4.78, 5) is 2.56. The molecule has 2 fully saturated rings. The quantitative estimate of drug-likeness (QED) is 0.830. The number of ether oxygens (including phenoxy) is 2. The van der Waals surface area contributed by atoms with Gasteiger partial charge < -0.3 is 9.47 Å². The van der Waals surface area contributed by atoms with Gasteiger partial charge in [0.05, 0.1) is 19.3 Å². The highest BCUT2D eigenvalue weighted by atomic mass is 32.2. The normalized spacial score (nSPS) is 27.4. The summed E-state index contributed by atoms with van der Waals surface area (Å²) in [5, 5.41) is 0. The summed E-state index contributed by atoms with van der Waals surface area (Å²) in [6.45, 7) is 8.87. The molecule has 0 radical (unpaired) electrons. The van der Waals surface area contributed by atoms with Crippen LogP contribution >= 0.6 is 0 Å². The fraction of sp³-hybridized carbons (Fsp3) is 0.667. The molecule has 2 heterocycles. The molecule has 0 spiro atoms. The Morgan fingerprint density at radius 1 is 1.32 bits per heavy atom. The van der Waals surface area contributed by atoms with E-state index in [4.69, 9.17) is 9.47 Å². The van der Waals surface area contributed by atoms with Crippen LogP contribution in [0, 0.1) is 5.92 Å². The molecule has 1 aromatic rings. The van der Waals surface area contributed by atoms with Crippen molar-refractivity contribution >= 4 is 10.0 Å². The maximum absolute atomic E-state index is 12.8. The van der Waals surface area contributed by atoms with E-state index in [1.807, 2.05) is 6.92 Å². The Labute approximate surface area is 150 Å². The van der Waals surface area contributed by atoms with Crippen LogP contribution in [0.15, 0.2) is 29.2 Å². The number of rotatable bonds is 6. The van der Waals surface area contributed by atoms with Gasteiger partial charge in [-0.1, -0.05) is 26.0 Å². The number of hydrogen-bond acceptors (Lipinski definition) is 5. The van der Waals surface area contributed by atoms with E-state index in [9.17, 15) is 8.42 Å². The number of fused-ring (bicyclic) bond motifs is 1. The standard InChI is InChI=1S/C18H28N2O4S/c1-4-23-16-7-5-6-8-18(16)25(21,22)19-14-9-15-12-24-17(13(2)3)11-20(15)10-14/h5-8,13-15,17,19H,4,9-12H2,1-3H3/t14-,15+,17-/m1/s1. The summed E-state index contributed by atoms with van der Waals surface area (Å²) < 4.78 is 39.9. The molecule has 0 bridgehead atoms. The Morgan fingerprint density at radius 3 is 2.80 bits per heavy atom. The lowest BCUT2D eigenvalue weighted by molar-refractivity contribution is -0.0683. The molecule has 1 N–H and O–H groups in total. The molecule has 2 aliphatic rings. The number of benzene rings is 1. The number of morpholine rings is 1. The van der Waals surface area contributed by atoms with Crippen LogP contribution in [-0.2, 0) is 14.8 Å². The molecule has 2 aliphatic heterocycles. The van der Waals surface area contributed by atoms with Crippen LogP contribution < -0.4 is 9.46 Å². The molecular weight excluding hydrogens is 340 g/mol. The minimum absolute atomic E-state index is 0.0980. The largest absolute Gasteiger partial charge is 0.492 e. The highest BCUT2D eigenvalue weighted by Gasteiger charge is 2.39. The molecule has 2 saturated heterocycles. The lowest BCUT2D eigenvalue weighted by atomic mass is 10.0. The Hall–Kier alpha value is -1.15. The summed E-state index contributed by atoms with van der Waals surface area (Å²) >= 11 is 0. The van der Waals surface area contributed by atoms with Gasteiger partial charge in [0.1, 0.15) is 10.6 Å². The number of para-hydroxylation sites is 1. The predicted octanol–water partition coefficient (Wildman–Crippen LogP) is 1.86. The molecule has 0 aromatic heterocycles. The first-order chi connectivity index (χ1) is 11.9. The van der Waals surface area contributed by atoms with Crippen LogP contribution in [0.3, 0.4) is 0 Å². The molecule has 25 heavy (non-hydrogen) atoms. The predicted molar refractivity (Wildman–Crippen MR) is 96.3 cm³/mol. The van der Waals surface area contributed by atoms with Crippen molar-refractivity contribution in [2.45, 2.75) is 50.3 Å². The third-order valence-electron chi connectivity index (χ3n) is 4.95.